The second-order valence-corrected chi connectivity index (χ2v) is 24.2. The van der Waals surface area contributed by atoms with Gasteiger partial charge in [-0.15, -0.1) is 0 Å². The van der Waals surface area contributed by atoms with Crippen molar-refractivity contribution in [1.82, 2.24) is 0 Å². The highest BCUT2D eigenvalue weighted by molar-refractivity contribution is 5.81. The van der Waals surface area contributed by atoms with Crippen molar-refractivity contribution in [3.05, 3.63) is 170 Å². The monoisotopic (exact) mass is 1280 g/mol. The Morgan fingerprint density at radius 2 is 0.391 bits per heavy atom. The first-order valence-corrected chi connectivity index (χ1v) is 35.9. The van der Waals surface area contributed by atoms with E-state index in [0.717, 1.165) is 135 Å². The molecule has 0 bridgehead atoms. The van der Waals surface area contributed by atoms with Crippen molar-refractivity contribution in [3.63, 3.8) is 0 Å². The zero-order chi connectivity index (χ0) is 65.9. The minimum Gasteiger partial charge on any atom is -0.299 e. The van der Waals surface area contributed by atoms with Crippen molar-refractivity contribution < 1.29 is 19.2 Å². The first-order valence-electron chi connectivity index (χ1n) is 35.9. The molecule has 0 aromatic heterocycles. The molecule has 4 heteroatoms. The maximum Gasteiger partial charge on any atom is 0.135 e. The van der Waals surface area contributed by atoms with E-state index in [2.05, 4.69) is 198 Å². The molecule has 0 amide bonds. The maximum absolute atomic E-state index is 11.5. The Morgan fingerprint density at radius 1 is 0.207 bits per heavy atom. The van der Waals surface area contributed by atoms with Crippen LogP contribution in [0.5, 0.6) is 0 Å². The van der Waals surface area contributed by atoms with Gasteiger partial charge in [-0.3, -0.25) is 19.2 Å². The van der Waals surface area contributed by atoms with Crippen molar-refractivity contribution in [2.75, 3.05) is 0 Å². The fourth-order valence-corrected chi connectivity index (χ4v) is 8.31. The molecule has 4 nitrogen and oxygen atoms in total. The normalized spacial score (nSPS) is 12.0. The predicted molar refractivity (Wildman–Crippen MR) is 423 cm³/mol. The minimum absolute atomic E-state index is 0. The molecule has 0 aromatic rings. The van der Waals surface area contributed by atoms with E-state index in [9.17, 15) is 19.2 Å². The molecule has 0 saturated heterocycles. The molecule has 92 heavy (non-hydrogen) atoms. The average Bonchev–Trinajstić information content (AvgIpc) is 3.70. The quantitative estimate of drug-likeness (QED) is 0.0450. The van der Waals surface area contributed by atoms with Crippen LogP contribution in [0.4, 0.5) is 0 Å². The molecular formula is C88H156O4. The number of rotatable bonds is 54. The number of ketones is 4. The van der Waals surface area contributed by atoms with Gasteiger partial charge in [0.25, 0.3) is 0 Å². The van der Waals surface area contributed by atoms with Gasteiger partial charge >= 0.3 is 0 Å². The molecule has 0 saturated carbocycles. The Balaban J connectivity index is -0.000000170. The summed E-state index contributed by atoms with van der Waals surface area (Å²) in [5, 5.41) is 0. The zero-order valence-electron chi connectivity index (χ0n) is 59.6. The Bertz CT molecular complexity index is 1970. The Hall–Kier alpha value is -4.96. The van der Waals surface area contributed by atoms with Crippen LogP contribution in [-0.2, 0) is 19.2 Å². The number of carbonyl (C=O) groups is 4. The topological polar surface area (TPSA) is 68.3 Å². The highest BCUT2D eigenvalue weighted by Crippen LogP contribution is 2.14. The molecule has 0 N–H and O–H groups in total. The van der Waals surface area contributed by atoms with Crippen LogP contribution in [0.15, 0.2) is 170 Å². The lowest BCUT2D eigenvalue weighted by atomic mass is 10.0. The van der Waals surface area contributed by atoms with Gasteiger partial charge in [-0.05, 0) is 135 Å². The minimum atomic E-state index is 0. The molecule has 0 rings (SSSR count). The summed E-state index contributed by atoms with van der Waals surface area (Å²) >= 11 is 0. The standard InChI is InChI=1S/C25H38O.C23H36O.C21H36O.C15H30O.4CH4/c1-4-5-6-7-8-9-10-11-12-13-14-15-16-17-18-19-20-21-22-23-25(26)24(2)3;1-4-5-6-7-8-9-10-11-12-13-14-15-16-17-18-19-20-21-23(24)22(2)3;1-4-5-6-7-8-9-10-11-12-13-14-15-16-17-18-19-21(22)20(2)3;1-4-5-6-7-8-9-10-11-12-13-15(16)14(2)3;;;;/h5-6,8-9,11-12,14-15,17-18,20-21,24H,4,7,10,13,16,19,22-23H2,1-3H3;5-6,8-9,11-12,14-15,17-18,22H,4,7,10,13,16,19-21H2,1-3H3;5-6,8-9,11-12,20H,4,7,10,13-19H2,1-3H3;14H,4-13H2,1-3H3;4*1H4/b6-5-,9-8-,12-11-,15-14-,18-17-,21-20-;6-5-,9-8-,12-11-,15-14-,18-17-;6-5-,9-8-,12-11-;;;;;. The Labute approximate surface area is 577 Å². The van der Waals surface area contributed by atoms with Crippen LogP contribution >= 0.6 is 0 Å². The molecule has 0 aliphatic rings. The van der Waals surface area contributed by atoms with Crippen LogP contribution in [0.3, 0.4) is 0 Å². The van der Waals surface area contributed by atoms with Gasteiger partial charge in [-0.25, -0.2) is 0 Å². The van der Waals surface area contributed by atoms with Crippen LogP contribution in [0, 0.1) is 23.7 Å². The van der Waals surface area contributed by atoms with Gasteiger partial charge < -0.3 is 0 Å². The van der Waals surface area contributed by atoms with E-state index in [1.165, 1.54) is 83.5 Å². The second kappa shape index (κ2) is 90.2. The van der Waals surface area contributed by atoms with Crippen LogP contribution in [-0.4, -0.2) is 23.1 Å². The molecule has 0 aromatic carbocycles. The molecule has 0 atom stereocenters. The molecule has 0 fully saturated rings. The fourth-order valence-electron chi connectivity index (χ4n) is 8.31. The number of hydrogen-bond donors (Lipinski definition) is 0. The summed E-state index contributed by atoms with van der Waals surface area (Å²) in [5.74, 6) is 2.36. The maximum atomic E-state index is 11.5. The average molecular weight is 1280 g/mol. The van der Waals surface area contributed by atoms with Gasteiger partial charge in [0.05, 0.1) is 0 Å². The smallest absolute Gasteiger partial charge is 0.135 e. The highest BCUT2D eigenvalue weighted by Gasteiger charge is 2.08. The highest BCUT2D eigenvalue weighted by atomic mass is 16.1. The van der Waals surface area contributed by atoms with E-state index in [0.29, 0.717) is 36.0 Å². The van der Waals surface area contributed by atoms with Gasteiger partial charge in [0.1, 0.15) is 23.1 Å². The van der Waals surface area contributed by atoms with Crippen LogP contribution < -0.4 is 0 Å². The number of hydrogen-bond acceptors (Lipinski definition) is 4. The van der Waals surface area contributed by atoms with Crippen LogP contribution in [0.25, 0.3) is 0 Å². The molecule has 0 aliphatic heterocycles. The first kappa shape index (κ1) is 103. The van der Waals surface area contributed by atoms with Gasteiger partial charge in [0.15, 0.2) is 0 Å². The summed E-state index contributed by atoms with van der Waals surface area (Å²) in [6, 6.07) is 0. The lowest BCUT2D eigenvalue weighted by Crippen LogP contribution is -2.05. The fraction of sp³-hybridized carbons (Fsp3) is 0.636. The van der Waals surface area contributed by atoms with Crippen LogP contribution in [0.2, 0.25) is 0 Å². The van der Waals surface area contributed by atoms with E-state index >= 15 is 0 Å². The molecule has 0 unspecified atom stereocenters. The van der Waals surface area contributed by atoms with Crippen molar-refractivity contribution in [2.45, 2.75) is 344 Å². The SMILES string of the molecule is C.C.C.C.CC/C=C\C/C=C\C/C=C\C/C=C\C/C=C\C/C=C\CCC(=O)C(C)C.CC/C=C\C/C=C\C/C=C\C/C=C\C/C=C\CCCC(=O)C(C)C.CC/C=C\C/C=C\C/C=C\CCCCCCCC(=O)C(C)C.CCCCCCCCCCCC(=O)C(C)C. The summed E-state index contributed by atoms with van der Waals surface area (Å²) in [4.78, 5) is 45.7. The first-order chi connectivity index (χ1) is 42.7. The van der Waals surface area contributed by atoms with Gasteiger partial charge in [0.2, 0.25) is 0 Å². The predicted octanol–water partition coefficient (Wildman–Crippen LogP) is 29.3. The zero-order valence-corrected chi connectivity index (χ0v) is 59.6. The molecular weight excluding hydrogens is 1120 g/mol. The van der Waals surface area contributed by atoms with Crippen molar-refractivity contribution >= 4 is 23.1 Å². The summed E-state index contributed by atoms with van der Waals surface area (Å²) < 4.78 is 0. The summed E-state index contributed by atoms with van der Waals surface area (Å²) in [7, 11) is 0. The second-order valence-electron chi connectivity index (χ2n) is 24.2. The van der Waals surface area contributed by atoms with Crippen LogP contribution in [0.1, 0.15) is 344 Å². The summed E-state index contributed by atoms with van der Waals surface area (Å²) in [6.45, 7) is 24.6. The van der Waals surface area contributed by atoms with Gasteiger partial charge in [-0.2, -0.15) is 0 Å². The number of allylic oxidation sites excluding steroid dienone is 28. The molecule has 0 radical (unpaired) electrons. The third-order valence-electron chi connectivity index (χ3n) is 14.3. The molecule has 0 aliphatic carbocycles. The Morgan fingerprint density at radius 3 is 0.641 bits per heavy atom. The van der Waals surface area contributed by atoms with Crippen molar-refractivity contribution in [1.29, 1.82) is 0 Å². The van der Waals surface area contributed by atoms with E-state index in [1.54, 1.807) is 0 Å². The van der Waals surface area contributed by atoms with Gasteiger partial charge in [-0.1, -0.05) is 354 Å². The van der Waals surface area contributed by atoms with Gasteiger partial charge in [0, 0.05) is 49.4 Å². The molecule has 0 heterocycles. The summed E-state index contributed by atoms with van der Waals surface area (Å²) in [5.41, 5.74) is 0. The van der Waals surface area contributed by atoms with Crippen molar-refractivity contribution in [2.24, 2.45) is 23.7 Å². The lowest BCUT2D eigenvalue weighted by molar-refractivity contribution is -0.122. The van der Waals surface area contributed by atoms with E-state index in [-0.39, 0.29) is 53.4 Å². The van der Waals surface area contributed by atoms with E-state index in [1.807, 2.05) is 55.4 Å². The molecule has 532 valence electrons. The summed E-state index contributed by atoms with van der Waals surface area (Å²) in [6.07, 6.45) is 101. The largest absolute Gasteiger partial charge is 0.299 e. The number of Topliss-reactive ketones (excluding diaryl/α,β-unsaturated/α-hetero) is 4. The number of carbonyl (C=O) groups excluding carboxylic acids is 4. The third kappa shape index (κ3) is 96.1. The van der Waals surface area contributed by atoms with E-state index < -0.39 is 0 Å². The van der Waals surface area contributed by atoms with Crippen molar-refractivity contribution in [3.8, 4) is 0 Å². The van der Waals surface area contributed by atoms with E-state index in [4.69, 9.17) is 0 Å². The lowest BCUT2D eigenvalue weighted by Gasteiger charge is -2.04. The molecule has 0 spiro atoms. The number of unbranched alkanes of at least 4 members (excludes halogenated alkanes) is 14. The third-order valence-corrected chi connectivity index (χ3v) is 14.3. The Kier molecular flexibility index (Phi) is 101.